The van der Waals surface area contributed by atoms with Crippen molar-refractivity contribution in [3.63, 3.8) is 0 Å². The van der Waals surface area contributed by atoms with Gasteiger partial charge in [0.1, 0.15) is 0 Å². The van der Waals surface area contributed by atoms with Gasteiger partial charge in [0, 0.05) is 19.1 Å². The van der Waals surface area contributed by atoms with Crippen molar-refractivity contribution in [2.24, 2.45) is 0 Å². The number of carbonyl (C=O) groups excluding carboxylic acids is 1. The Bertz CT molecular complexity index is 267. The molecule has 0 saturated heterocycles. The standard InChI is InChI=1S/C12H20N2O/c1-10-5-4-8-14(9-10)12(15)13-11-6-2-3-7-11/h5,11H,2-4,6-9H2,1H3,(H,13,15). The third kappa shape index (κ3) is 2.74. The van der Waals surface area contributed by atoms with Gasteiger partial charge in [-0.3, -0.25) is 0 Å². The van der Waals surface area contributed by atoms with Crippen LogP contribution in [0.3, 0.4) is 0 Å². The van der Waals surface area contributed by atoms with Crippen LogP contribution in [0.1, 0.15) is 39.0 Å². The second-order valence-electron chi connectivity index (χ2n) is 4.69. The Hall–Kier alpha value is -0.990. The molecular weight excluding hydrogens is 188 g/mol. The molecule has 1 fully saturated rings. The van der Waals surface area contributed by atoms with Crippen LogP contribution in [0.4, 0.5) is 4.79 Å². The van der Waals surface area contributed by atoms with Crippen molar-refractivity contribution >= 4 is 6.03 Å². The van der Waals surface area contributed by atoms with Crippen LogP contribution >= 0.6 is 0 Å². The Kier molecular flexibility index (Phi) is 3.29. The molecule has 1 heterocycles. The van der Waals surface area contributed by atoms with Gasteiger partial charge < -0.3 is 10.2 Å². The summed E-state index contributed by atoms with van der Waals surface area (Å²) in [7, 11) is 0. The fourth-order valence-corrected chi connectivity index (χ4v) is 2.42. The van der Waals surface area contributed by atoms with E-state index in [1.54, 1.807) is 0 Å². The van der Waals surface area contributed by atoms with Crippen molar-refractivity contribution in [1.29, 1.82) is 0 Å². The molecule has 2 aliphatic rings. The average Bonchev–Trinajstić information content (AvgIpc) is 2.70. The number of hydrogen-bond acceptors (Lipinski definition) is 1. The zero-order valence-electron chi connectivity index (χ0n) is 9.46. The van der Waals surface area contributed by atoms with E-state index in [2.05, 4.69) is 18.3 Å². The first-order valence-electron chi connectivity index (χ1n) is 5.97. The van der Waals surface area contributed by atoms with E-state index in [9.17, 15) is 4.79 Å². The van der Waals surface area contributed by atoms with Crippen LogP contribution in [0.5, 0.6) is 0 Å². The van der Waals surface area contributed by atoms with Crippen LogP contribution in [0.2, 0.25) is 0 Å². The van der Waals surface area contributed by atoms with Crippen LogP contribution in [0.25, 0.3) is 0 Å². The summed E-state index contributed by atoms with van der Waals surface area (Å²) in [5.41, 5.74) is 1.31. The molecule has 0 radical (unpaired) electrons. The average molecular weight is 208 g/mol. The van der Waals surface area contributed by atoms with E-state index in [-0.39, 0.29) is 6.03 Å². The molecule has 1 aliphatic heterocycles. The lowest BCUT2D eigenvalue weighted by Crippen LogP contribution is -2.45. The SMILES string of the molecule is CC1=CCCN(C(=O)NC2CCCC2)C1. The minimum Gasteiger partial charge on any atom is -0.335 e. The Labute approximate surface area is 91.5 Å². The monoisotopic (exact) mass is 208 g/mol. The highest BCUT2D eigenvalue weighted by Crippen LogP contribution is 2.18. The highest BCUT2D eigenvalue weighted by atomic mass is 16.2. The zero-order chi connectivity index (χ0) is 10.7. The van der Waals surface area contributed by atoms with Crippen LogP contribution < -0.4 is 5.32 Å². The zero-order valence-corrected chi connectivity index (χ0v) is 9.46. The predicted octanol–water partition coefficient (Wildman–Crippen LogP) is 2.29. The maximum atomic E-state index is 11.9. The Morgan fingerprint density at radius 3 is 2.87 bits per heavy atom. The second kappa shape index (κ2) is 4.69. The molecule has 0 aromatic carbocycles. The van der Waals surface area contributed by atoms with Crippen LogP contribution in [-0.2, 0) is 0 Å². The third-order valence-electron chi connectivity index (χ3n) is 3.30. The molecule has 1 N–H and O–H groups in total. The summed E-state index contributed by atoms with van der Waals surface area (Å²) in [6.07, 6.45) is 8.08. The van der Waals surface area contributed by atoms with Gasteiger partial charge in [-0.2, -0.15) is 0 Å². The first kappa shape index (κ1) is 10.5. The Morgan fingerprint density at radius 1 is 1.47 bits per heavy atom. The molecule has 2 rings (SSSR count). The normalized spacial score (nSPS) is 22.7. The summed E-state index contributed by atoms with van der Waals surface area (Å²) < 4.78 is 0. The largest absolute Gasteiger partial charge is 0.335 e. The number of nitrogens with zero attached hydrogens (tertiary/aromatic N) is 1. The van der Waals surface area contributed by atoms with Crippen molar-refractivity contribution in [2.45, 2.75) is 45.1 Å². The fraction of sp³-hybridized carbons (Fsp3) is 0.750. The van der Waals surface area contributed by atoms with Gasteiger partial charge in [-0.05, 0) is 26.2 Å². The predicted molar refractivity (Wildman–Crippen MR) is 60.7 cm³/mol. The maximum absolute atomic E-state index is 11.9. The molecule has 0 atom stereocenters. The molecule has 0 spiro atoms. The molecule has 0 aromatic rings. The number of amides is 2. The third-order valence-corrected chi connectivity index (χ3v) is 3.30. The minimum absolute atomic E-state index is 0.134. The first-order chi connectivity index (χ1) is 7.25. The van der Waals surface area contributed by atoms with E-state index in [1.165, 1.54) is 18.4 Å². The number of hydrogen-bond donors (Lipinski definition) is 1. The molecule has 3 nitrogen and oxygen atoms in total. The lowest BCUT2D eigenvalue weighted by atomic mass is 10.1. The van der Waals surface area contributed by atoms with Crippen molar-refractivity contribution < 1.29 is 4.79 Å². The van der Waals surface area contributed by atoms with E-state index in [0.29, 0.717) is 6.04 Å². The molecule has 0 aromatic heterocycles. The van der Waals surface area contributed by atoms with Crippen LogP contribution in [0.15, 0.2) is 11.6 Å². The molecule has 15 heavy (non-hydrogen) atoms. The van der Waals surface area contributed by atoms with Crippen molar-refractivity contribution in [2.75, 3.05) is 13.1 Å². The van der Waals surface area contributed by atoms with Gasteiger partial charge in [-0.1, -0.05) is 24.5 Å². The number of urea groups is 1. The van der Waals surface area contributed by atoms with E-state index < -0.39 is 0 Å². The molecular formula is C12H20N2O. The highest BCUT2D eigenvalue weighted by Gasteiger charge is 2.21. The van der Waals surface area contributed by atoms with Crippen molar-refractivity contribution in [3.05, 3.63) is 11.6 Å². The summed E-state index contributed by atoms with van der Waals surface area (Å²) in [6, 6.07) is 0.568. The van der Waals surface area contributed by atoms with Crippen molar-refractivity contribution in [1.82, 2.24) is 10.2 Å². The quantitative estimate of drug-likeness (QED) is 0.659. The summed E-state index contributed by atoms with van der Waals surface area (Å²) in [5.74, 6) is 0. The van der Waals surface area contributed by atoms with Gasteiger partial charge in [-0.25, -0.2) is 4.79 Å². The topological polar surface area (TPSA) is 32.3 Å². The number of rotatable bonds is 1. The van der Waals surface area contributed by atoms with Crippen LogP contribution in [0, 0.1) is 0 Å². The maximum Gasteiger partial charge on any atom is 0.317 e. The molecule has 84 valence electrons. The highest BCUT2D eigenvalue weighted by molar-refractivity contribution is 5.75. The summed E-state index contributed by atoms with van der Waals surface area (Å²) in [4.78, 5) is 13.8. The van der Waals surface area contributed by atoms with Gasteiger partial charge in [0.2, 0.25) is 0 Å². The number of carbonyl (C=O) groups is 1. The molecule has 1 aliphatic carbocycles. The molecule has 0 unspecified atom stereocenters. The number of nitrogens with one attached hydrogen (secondary N) is 1. The molecule has 3 heteroatoms. The second-order valence-corrected chi connectivity index (χ2v) is 4.69. The van der Waals surface area contributed by atoms with E-state index in [1.807, 2.05) is 4.90 Å². The van der Waals surface area contributed by atoms with Gasteiger partial charge in [0.05, 0.1) is 0 Å². The Balaban J connectivity index is 1.82. The van der Waals surface area contributed by atoms with Gasteiger partial charge >= 0.3 is 6.03 Å². The smallest absolute Gasteiger partial charge is 0.317 e. The summed E-state index contributed by atoms with van der Waals surface area (Å²) in [6.45, 7) is 3.77. The Morgan fingerprint density at radius 2 is 2.20 bits per heavy atom. The molecule has 2 amide bonds. The summed E-state index contributed by atoms with van der Waals surface area (Å²) >= 11 is 0. The lowest BCUT2D eigenvalue weighted by Gasteiger charge is -2.27. The summed E-state index contributed by atoms with van der Waals surface area (Å²) in [5, 5.41) is 3.13. The van der Waals surface area contributed by atoms with E-state index in [0.717, 1.165) is 32.4 Å². The minimum atomic E-state index is 0.134. The van der Waals surface area contributed by atoms with E-state index >= 15 is 0 Å². The van der Waals surface area contributed by atoms with Crippen LogP contribution in [-0.4, -0.2) is 30.1 Å². The van der Waals surface area contributed by atoms with E-state index in [4.69, 9.17) is 0 Å². The van der Waals surface area contributed by atoms with Gasteiger partial charge in [0.15, 0.2) is 0 Å². The lowest BCUT2D eigenvalue weighted by molar-refractivity contribution is 0.197. The van der Waals surface area contributed by atoms with Crippen molar-refractivity contribution in [3.8, 4) is 0 Å². The van der Waals surface area contributed by atoms with Gasteiger partial charge in [-0.15, -0.1) is 0 Å². The first-order valence-corrected chi connectivity index (χ1v) is 5.97. The molecule has 0 bridgehead atoms. The molecule has 1 saturated carbocycles. The fourth-order valence-electron chi connectivity index (χ4n) is 2.42. The van der Waals surface area contributed by atoms with Gasteiger partial charge in [0.25, 0.3) is 0 Å².